The Labute approximate surface area is 89.4 Å². The molecule has 0 saturated carbocycles. The monoisotopic (exact) mass is 214 g/mol. The molecule has 0 aromatic carbocycles. The highest BCUT2D eigenvalue weighted by Crippen LogP contribution is 2.17. The van der Waals surface area contributed by atoms with Gasteiger partial charge in [0.2, 0.25) is 5.91 Å². The van der Waals surface area contributed by atoms with Crippen LogP contribution in [-0.2, 0) is 9.59 Å². The minimum atomic E-state index is -0.997. The zero-order chi connectivity index (χ0) is 11.4. The molecule has 5 heteroatoms. The van der Waals surface area contributed by atoms with Gasteiger partial charge in [-0.15, -0.1) is 0 Å². The van der Waals surface area contributed by atoms with Crippen LogP contribution in [0, 0.1) is 0 Å². The second kappa shape index (κ2) is 5.11. The van der Waals surface area contributed by atoms with Crippen LogP contribution in [-0.4, -0.2) is 47.6 Å². The molecule has 1 rings (SSSR count). The summed E-state index contributed by atoms with van der Waals surface area (Å²) in [6, 6.07) is -0.532. The number of likely N-dealkylation sites (tertiary alicyclic amines) is 1. The van der Waals surface area contributed by atoms with Crippen molar-refractivity contribution in [3.05, 3.63) is 0 Å². The molecule has 1 heterocycles. The van der Waals surface area contributed by atoms with E-state index in [1.165, 1.54) is 6.92 Å². The summed E-state index contributed by atoms with van der Waals surface area (Å²) in [6.07, 6.45) is 2.53. The first-order chi connectivity index (χ1) is 7.00. The molecule has 86 valence electrons. The van der Waals surface area contributed by atoms with Crippen molar-refractivity contribution in [2.24, 2.45) is 0 Å². The van der Waals surface area contributed by atoms with E-state index in [4.69, 9.17) is 5.11 Å². The Morgan fingerprint density at radius 2 is 2.27 bits per heavy atom. The molecule has 0 aromatic rings. The van der Waals surface area contributed by atoms with Gasteiger partial charge < -0.3 is 15.3 Å². The van der Waals surface area contributed by atoms with Crippen molar-refractivity contribution in [2.75, 3.05) is 13.6 Å². The van der Waals surface area contributed by atoms with Gasteiger partial charge in [0.25, 0.3) is 0 Å². The minimum absolute atomic E-state index is 0.177. The topological polar surface area (TPSA) is 69.6 Å². The lowest BCUT2D eigenvalue weighted by Gasteiger charge is -2.19. The molecule has 0 aliphatic carbocycles. The Morgan fingerprint density at radius 1 is 1.60 bits per heavy atom. The number of hydrogen-bond donors (Lipinski definition) is 2. The number of nitrogens with one attached hydrogen (secondary N) is 1. The van der Waals surface area contributed by atoms with Gasteiger partial charge in [-0.1, -0.05) is 0 Å². The summed E-state index contributed by atoms with van der Waals surface area (Å²) in [5, 5.41) is 11.1. The molecular formula is C10H18N2O3. The second-order valence-electron chi connectivity index (χ2n) is 4.11. The summed E-state index contributed by atoms with van der Waals surface area (Å²) in [4.78, 5) is 24.1. The first-order valence-electron chi connectivity index (χ1n) is 5.23. The van der Waals surface area contributed by atoms with Crippen LogP contribution in [0.15, 0.2) is 0 Å². The number of nitrogens with zero attached hydrogens (tertiary/aromatic N) is 1. The van der Waals surface area contributed by atoms with Gasteiger partial charge in [0.05, 0.1) is 0 Å². The molecule has 2 atom stereocenters. The van der Waals surface area contributed by atoms with E-state index < -0.39 is 12.0 Å². The summed E-state index contributed by atoms with van der Waals surface area (Å²) in [7, 11) is 1.99. The van der Waals surface area contributed by atoms with Crippen LogP contribution >= 0.6 is 0 Å². The molecular weight excluding hydrogens is 196 g/mol. The van der Waals surface area contributed by atoms with Crippen molar-refractivity contribution in [1.29, 1.82) is 0 Å². The van der Waals surface area contributed by atoms with Crippen molar-refractivity contribution in [3.63, 3.8) is 0 Å². The summed E-state index contributed by atoms with van der Waals surface area (Å²) >= 11 is 0. The molecule has 5 nitrogen and oxygen atoms in total. The van der Waals surface area contributed by atoms with E-state index in [-0.39, 0.29) is 11.9 Å². The number of amides is 1. The number of rotatable bonds is 4. The Kier molecular flexibility index (Phi) is 4.08. The van der Waals surface area contributed by atoms with Crippen molar-refractivity contribution < 1.29 is 14.7 Å². The first-order valence-corrected chi connectivity index (χ1v) is 5.23. The van der Waals surface area contributed by atoms with Gasteiger partial charge >= 0.3 is 5.97 Å². The first kappa shape index (κ1) is 12.0. The van der Waals surface area contributed by atoms with Gasteiger partial charge in [0.15, 0.2) is 0 Å². The van der Waals surface area contributed by atoms with Gasteiger partial charge in [0.1, 0.15) is 6.04 Å². The normalized spacial score (nSPS) is 23.7. The lowest BCUT2D eigenvalue weighted by atomic mass is 10.1. The molecule has 1 saturated heterocycles. The van der Waals surface area contributed by atoms with E-state index in [0.717, 1.165) is 19.4 Å². The van der Waals surface area contributed by atoms with E-state index in [0.29, 0.717) is 6.42 Å². The molecule has 0 spiro atoms. The maximum Gasteiger partial charge on any atom is 0.325 e. The van der Waals surface area contributed by atoms with Crippen LogP contribution in [0.25, 0.3) is 0 Å². The average molecular weight is 214 g/mol. The molecule has 1 aliphatic heterocycles. The summed E-state index contributed by atoms with van der Waals surface area (Å²) in [5.74, 6) is -1.17. The van der Waals surface area contributed by atoms with Crippen LogP contribution in [0.4, 0.5) is 0 Å². The zero-order valence-corrected chi connectivity index (χ0v) is 9.19. The van der Waals surface area contributed by atoms with Crippen molar-refractivity contribution in [2.45, 2.75) is 38.3 Å². The standard InChI is InChI=1S/C10H18N2O3/c1-7(10(14)15)11-9(13)6-8-4-3-5-12(8)2/h7-8H,3-6H2,1-2H3,(H,11,13)(H,14,15)/t7-,8?/m0/s1. The van der Waals surface area contributed by atoms with Crippen LogP contribution in [0.2, 0.25) is 0 Å². The summed E-state index contributed by atoms with van der Waals surface area (Å²) in [5.41, 5.74) is 0. The number of hydrogen-bond acceptors (Lipinski definition) is 3. The molecule has 2 N–H and O–H groups in total. The summed E-state index contributed by atoms with van der Waals surface area (Å²) < 4.78 is 0. The van der Waals surface area contributed by atoms with E-state index in [1.54, 1.807) is 0 Å². The number of carbonyl (C=O) groups excluding carboxylic acids is 1. The van der Waals surface area contributed by atoms with E-state index in [1.807, 2.05) is 7.05 Å². The molecule has 0 aromatic heterocycles. The highest BCUT2D eigenvalue weighted by atomic mass is 16.4. The molecule has 1 amide bonds. The van der Waals surface area contributed by atoms with Crippen LogP contribution in [0.1, 0.15) is 26.2 Å². The Hall–Kier alpha value is -1.10. The fourth-order valence-corrected chi connectivity index (χ4v) is 1.81. The summed E-state index contributed by atoms with van der Waals surface area (Å²) in [6.45, 7) is 2.49. The maximum absolute atomic E-state index is 11.5. The lowest BCUT2D eigenvalue weighted by molar-refractivity contribution is -0.141. The third-order valence-corrected chi connectivity index (χ3v) is 2.84. The Bertz CT molecular complexity index is 255. The van der Waals surface area contributed by atoms with Gasteiger partial charge in [-0.2, -0.15) is 0 Å². The van der Waals surface area contributed by atoms with Crippen molar-refractivity contribution >= 4 is 11.9 Å². The molecule has 15 heavy (non-hydrogen) atoms. The number of carboxylic acid groups (broad SMARTS) is 1. The smallest absolute Gasteiger partial charge is 0.325 e. The van der Waals surface area contributed by atoms with Gasteiger partial charge in [-0.05, 0) is 33.4 Å². The predicted molar refractivity (Wildman–Crippen MR) is 55.5 cm³/mol. The van der Waals surface area contributed by atoms with Crippen LogP contribution in [0.5, 0.6) is 0 Å². The molecule has 0 radical (unpaired) electrons. The quantitative estimate of drug-likeness (QED) is 0.694. The maximum atomic E-state index is 11.5. The molecule has 1 unspecified atom stereocenters. The Morgan fingerprint density at radius 3 is 2.73 bits per heavy atom. The van der Waals surface area contributed by atoms with Gasteiger partial charge in [-0.3, -0.25) is 9.59 Å². The van der Waals surface area contributed by atoms with Crippen LogP contribution < -0.4 is 5.32 Å². The van der Waals surface area contributed by atoms with Gasteiger partial charge in [-0.25, -0.2) is 0 Å². The van der Waals surface area contributed by atoms with E-state index >= 15 is 0 Å². The minimum Gasteiger partial charge on any atom is -0.480 e. The second-order valence-corrected chi connectivity index (χ2v) is 4.11. The predicted octanol–water partition coefficient (Wildman–Crippen LogP) is 0.0600. The molecule has 0 bridgehead atoms. The van der Waals surface area contributed by atoms with Crippen molar-refractivity contribution in [1.82, 2.24) is 10.2 Å². The zero-order valence-electron chi connectivity index (χ0n) is 9.19. The Balaban J connectivity index is 2.32. The third-order valence-electron chi connectivity index (χ3n) is 2.84. The van der Waals surface area contributed by atoms with E-state index in [9.17, 15) is 9.59 Å². The van der Waals surface area contributed by atoms with Gasteiger partial charge in [0, 0.05) is 12.5 Å². The van der Waals surface area contributed by atoms with Crippen LogP contribution in [0.3, 0.4) is 0 Å². The highest BCUT2D eigenvalue weighted by Gasteiger charge is 2.24. The molecule has 1 fully saturated rings. The SMILES string of the molecule is C[C@H](NC(=O)CC1CCCN1C)C(=O)O. The fourth-order valence-electron chi connectivity index (χ4n) is 1.81. The average Bonchev–Trinajstić information content (AvgIpc) is 2.51. The number of aliphatic carboxylic acids is 1. The largest absolute Gasteiger partial charge is 0.480 e. The fraction of sp³-hybridized carbons (Fsp3) is 0.800. The third kappa shape index (κ3) is 3.51. The van der Waals surface area contributed by atoms with Crippen molar-refractivity contribution in [3.8, 4) is 0 Å². The highest BCUT2D eigenvalue weighted by molar-refractivity contribution is 5.83. The molecule has 1 aliphatic rings. The number of carboxylic acids is 1. The van der Waals surface area contributed by atoms with E-state index in [2.05, 4.69) is 10.2 Å². The number of carbonyl (C=O) groups is 2. The lowest BCUT2D eigenvalue weighted by Crippen LogP contribution is -2.41.